The van der Waals surface area contributed by atoms with Gasteiger partial charge in [-0.2, -0.15) is 0 Å². The maximum absolute atomic E-state index is 6.04. The molecule has 0 spiro atoms. The molecule has 3 heteroatoms. The molecular formula is C13H17N3. The summed E-state index contributed by atoms with van der Waals surface area (Å²) in [7, 11) is 0. The van der Waals surface area contributed by atoms with Gasteiger partial charge in [0.25, 0.3) is 0 Å². The Labute approximate surface area is 95.3 Å². The number of imidazole rings is 1. The maximum atomic E-state index is 6.04. The molecule has 3 rings (SSSR count). The van der Waals surface area contributed by atoms with Crippen LogP contribution in [0.1, 0.15) is 31.9 Å². The zero-order valence-corrected chi connectivity index (χ0v) is 9.99. The minimum Gasteiger partial charge on any atom is -0.369 e. The standard InChI is InChI=1S/C13H17N3/c1-8-5-4-6-9-11(8)15-12(14)16(9)10-7-13(10,2)3/h4-6,10H,7H2,1-3H3,(H2,14,15). The molecule has 1 heterocycles. The fourth-order valence-electron chi connectivity index (χ4n) is 2.48. The van der Waals surface area contributed by atoms with Gasteiger partial charge in [-0.05, 0) is 30.4 Å². The van der Waals surface area contributed by atoms with E-state index in [9.17, 15) is 0 Å². The number of rotatable bonds is 1. The SMILES string of the molecule is Cc1cccc2c1nc(N)n2C1CC1(C)C. The first-order chi connectivity index (χ1) is 7.50. The van der Waals surface area contributed by atoms with Crippen molar-refractivity contribution in [1.82, 2.24) is 9.55 Å². The normalized spacial score (nSPS) is 22.6. The summed E-state index contributed by atoms with van der Waals surface area (Å²) in [5.41, 5.74) is 9.82. The second-order valence-corrected chi connectivity index (χ2v) is 5.49. The molecular weight excluding hydrogens is 198 g/mol. The molecule has 84 valence electrons. The molecule has 0 bridgehead atoms. The molecule has 1 aromatic heterocycles. The Balaban J connectivity index is 2.25. The molecule has 0 aliphatic heterocycles. The molecule has 0 amide bonds. The molecule has 0 saturated heterocycles. The third-order valence-corrected chi connectivity index (χ3v) is 3.72. The number of nitrogen functional groups attached to an aromatic ring is 1. The Hall–Kier alpha value is -1.51. The van der Waals surface area contributed by atoms with Crippen LogP contribution in [-0.4, -0.2) is 9.55 Å². The molecule has 2 aromatic rings. The van der Waals surface area contributed by atoms with E-state index in [2.05, 4.69) is 48.5 Å². The van der Waals surface area contributed by atoms with Crippen molar-refractivity contribution in [2.24, 2.45) is 5.41 Å². The van der Waals surface area contributed by atoms with E-state index in [4.69, 9.17) is 5.73 Å². The molecule has 1 aliphatic rings. The Morgan fingerprint density at radius 3 is 2.75 bits per heavy atom. The lowest BCUT2D eigenvalue weighted by atomic mass is 10.2. The van der Waals surface area contributed by atoms with E-state index in [1.54, 1.807) is 0 Å². The van der Waals surface area contributed by atoms with Crippen LogP contribution < -0.4 is 5.73 Å². The average molecular weight is 215 g/mol. The monoisotopic (exact) mass is 215 g/mol. The van der Waals surface area contributed by atoms with Gasteiger partial charge in [-0.15, -0.1) is 0 Å². The second kappa shape index (κ2) is 2.78. The predicted octanol–water partition coefficient (Wildman–Crippen LogP) is 2.90. The summed E-state index contributed by atoms with van der Waals surface area (Å²) in [5, 5.41) is 0. The van der Waals surface area contributed by atoms with E-state index >= 15 is 0 Å². The zero-order valence-electron chi connectivity index (χ0n) is 9.99. The molecule has 1 fully saturated rings. The first-order valence-corrected chi connectivity index (χ1v) is 5.74. The number of aryl methyl sites for hydroxylation is 1. The van der Waals surface area contributed by atoms with E-state index in [0.717, 1.165) is 5.52 Å². The molecule has 2 N–H and O–H groups in total. The van der Waals surface area contributed by atoms with Gasteiger partial charge >= 0.3 is 0 Å². The maximum Gasteiger partial charge on any atom is 0.201 e. The van der Waals surface area contributed by atoms with Gasteiger partial charge in [0.1, 0.15) is 0 Å². The van der Waals surface area contributed by atoms with Crippen molar-refractivity contribution >= 4 is 17.0 Å². The summed E-state index contributed by atoms with van der Waals surface area (Å²) < 4.78 is 2.20. The summed E-state index contributed by atoms with van der Waals surface area (Å²) in [6.07, 6.45) is 1.19. The van der Waals surface area contributed by atoms with Gasteiger partial charge in [-0.3, -0.25) is 0 Å². The van der Waals surface area contributed by atoms with Crippen LogP contribution in [0.3, 0.4) is 0 Å². The Morgan fingerprint density at radius 2 is 2.12 bits per heavy atom. The number of anilines is 1. The van der Waals surface area contributed by atoms with Crippen molar-refractivity contribution in [2.45, 2.75) is 33.2 Å². The van der Waals surface area contributed by atoms with Gasteiger partial charge in [0.15, 0.2) is 0 Å². The number of nitrogens with two attached hydrogens (primary N) is 1. The summed E-state index contributed by atoms with van der Waals surface area (Å²) in [6, 6.07) is 6.78. The number of fused-ring (bicyclic) bond motifs is 1. The van der Waals surface area contributed by atoms with Crippen LogP contribution >= 0.6 is 0 Å². The minimum absolute atomic E-state index is 0.367. The summed E-state index contributed by atoms with van der Waals surface area (Å²) in [4.78, 5) is 4.48. The van der Waals surface area contributed by atoms with Gasteiger partial charge in [0.2, 0.25) is 5.95 Å². The Kier molecular flexibility index (Phi) is 1.69. The van der Waals surface area contributed by atoms with Gasteiger partial charge in [0, 0.05) is 6.04 Å². The van der Waals surface area contributed by atoms with Crippen LogP contribution in [-0.2, 0) is 0 Å². The lowest BCUT2D eigenvalue weighted by Crippen LogP contribution is -2.04. The second-order valence-electron chi connectivity index (χ2n) is 5.49. The van der Waals surface area contributed by atoms with Crippen LogP contribution in [0.15, 0.2) is 18.2 Å². The molecule has 0 radical (unpaired) electrons. The van der Waals surface area contributed by atoms with Gasteiger partial charge in [0.05, 0.1) is 11.0 Å². The molecule has 1 aromatic carbocycles. The summed E-state index contributed by atoms with van der Waals surface area (Å²) in [5.74, 6) is 0.653. The van der Waals surface area contributed by atoms with E-state index in [1.165, 1.54) is 17.5 Å². The highest BCUT2D eigenvalue weighted by molar-refractivity contribution is 5.81. The lowest BCUT2D eigenvalue weighted by Gasteiger charge is -2.08. The predicted molar refractivity (Wildman–Crippen MR) is 66.3 cm³/mol. The van der Waals surface area contributed by atoms with Crippen molar-refractivity contribution in [3.05, 3.63) is 23.8 Å². The Bertz CT molecular complexity index is 566. The first-order valence-electron chi connectivity index (χ1n) is 5.74. The highest BCUT2D eigenvalue weighted by Gasteiger charge is 2.48. The first kappa shape index (κ1) is 9.70. The fourth-order valence-corrected chi connectivity index (χ4v) is 2.48. The number of aromatic nitrogens is 2. The van der Waals surface area contributed by atoms with Gasteiger partial charge in [-0.25, -0.2) is 4.98 Å². The van der Waals surface area contributed by atoms with E-state index in [-0.39, 0.29) is 0 Å². The van der Waals surface area contributed by atoms with E-state index < -0.39 is 0 Å². The van der Waals surface area contributed by atoms with Gasteiger partial charge in [-0.1, -0.05) is 26.0 Å². The van der Waals surface area contributed by atoms with Gasteiger partial charge < -0.3 is 10.3 Å². The van der Waals surface area contributed by atoms with Crippen molar-refractivity contribution in [3.63, 3.8) is 0 Å². The van der Waals surface area contributed by atoms with Crippen LogP contribution in [0.2, 0.25) is 0 Å². The number of benzene rings is 1. The van der Waals surface area contributed by atoms with Crippen LogP contribution in [0.25, 0.3) is 11.0 Å². The van der Waals surface area contributed by atoms with E-state index in [1.807, 2.05) is 0 Å². The number of para-hydroxylation sites is 1. The Morgan fingerprint density at radius 1 is 1.44 bits per heavy atom. The molecule has 1 aliphatic carbocycles. The number of hydrogen-bond acceptors (Lipinski definition) is 2. The summed E-state index contributed by atoms with van der Waals surface area (Å²) >= 11 is 0. The lowest BCUT2D eigenvalue weighted by molar-refractivity contribution is 0.553. The third kappa shape index (κ3) is 1.17. The largest absolute Gasteiger partial charge is 0.369 e. The number of nitrogens with zero attached hydrogens (tertiary/aromatic N) is 2. The topological polar surface area (TPSA) is 43.8 Å². The van der Waals surface area contributed by atoms with Crippen molar-refractivity contribution in [2.75, 3.05) is 5.73 Å². The highest BCUT2D eigenvalue weighted by Crippen LogP contribution is 2.57. The summed E-state index contributed by atoms with van der Waals surface area (Å²) in [6.45, 7) is 6.63. The van der Waals surface area contributed by atoms with Crippen LogP contribution in [0.4, 0.5) is 5.95 Å². The van der Waals surface area contributed by atoms with Crippen molar-refractivity contribution in [1.29, 1.82) is 0 Å². The minimum atomic E-state index is 0.367. The quantitative estimate of drug-likeness (QED) is 0.794. The van der Waals surface area contributed by atoms with Crippen LogP contribution in [0, 0.1) is 12.3 Å². The van der Waals surface area contributed by atoms with Crippen molar-refractivity contribution in [3.8, 4) is 0 Å². The highest BCUT2D eigenvalue weighted by atomic mass is 15.2. The van der Waals surface area contributed by atoms with Crippen LogP contribution in [0.5, 0.6) is 0 Å². The smallest absolute Gasteiger partial charge is 0.201 e. The third-order valence-electron chi connectivity index (χ3n) is 3.72. The molecule has 1 saturated carbocycles. The zero-order chi connectivity index (χ0) is 11.5. The molecule has 1 atom stereocenters. The van der Waals surface area contributed by atoms with Crippen molar-refractivity contribution < 1.29 is 0 Å². The molecule has 3 nitrogen and oxygen atoms in total. The van der Waals surface area contributed by atoms with E-state index in [0.29, 0.717) is 17.4 Å². The molecule has 16 heavy (non-hydrogen) atoms. The molecule has 1 unspecified atom stereocenters. The average Bonchev–Trinajstić information content (AvgIpc) is 2.68. The number of hydrogen-bond donors (Lipinski definition) is 1. The fraction of sp³-hybridized carbons (Fsp3) is 0.462.